The molecule has 1 N–H and O–H groups in total. The first-order chi connectivity index (χ1) is 13.8. The normalized spacial score (nSPS) is 13.0. The summed E-state index contributed by atoms with van der Waals surface area (Å²) in [4.78, 5) is 14.7. The van der Waals surface area contributed by atoms with Gasteiger partial charge in [-0.1, -0.05) is 18.2 Å². The fourth-order valence-electron chi connectivity index (χ4n) is 2.67. The van der Waals surface area contributed by atoms with Gasteiger partial charge >= 0.3 is 12.1 Å². The van der Waals surface area contributed by atoms with Crippen LogP contribution >= 0.6 is 0 Å². The SMILES string of the molecule is CC(C)(OCc1cc2nc(C(F)(F)F)ccc2n1S(=O)(=O)c1ccccc1)C(=O)O. The second kappa shape index (κ2) is 7.40. The van der Waals surface area contributed by atoms with Gasteiger partial charge in [0.25, 0.3) is 10.0 Å². The maximum Gasteiger partial charge on any atom is 0.433 e. The number of fused-ring (bicyclic) bond motifs is 1. The predicted octanol–water partition coefficient (Wildman–Crippen LogP) is 3.67. The molecule has 2 heterocycles. The number of carboxylic acids is 1. The van der Waals surface area contributed by atoms with E-state index < -0.39 is 40.1 Å². The van der Waals surface area contributed by atoms with Gasteiger partial charge in [-0.05, 0) is 44.2 Å². The molecule has 0 aliphatic rings. The highest BCUT2D eigenvalue weighted by Crippen LogP contribution is 2.32. The third kappa shape index (κ3) is 4.03. The molecule has 0 radical (unpaired) electrons. The quantitative estimate of drug-likeness (QED) is 0.626. The number of halogens is 3. The average molecular weight is 442 g/mol. The summed E-state index contributed by atoms with van der Waals surface area (Å²) in [6.07, 6.45) is -4.71. The fourth-order valence-corrected chi connectivity index (χ4v) is 4.21. The number of aromatic nitrogens is 2. The lowest BCUT2D eigenvalue weighted by Crippen LogP contribution is -2.34. The van der Waals surface area contributed by atoms with Crippen molar-refractivity contribution in [1.29, 1.82) is 0 Å². The van der Waals surface area contributed by atoms with E-state index in [1.54, 1.807) is 6.07 Å². The number of alkyl halides is 3. The summed E-state index contributed by atoms with van der Waals surface area (Å²) in [5.41, 5.74) is -3.19. The number of hydrogen-bond donors (Lipinski definition) is 1. The Morgan fingerprint density at radius 2 is 1.77 bits per heavy atom. The van der Waals surface area contributed by atoms with E-state index in [4.69, 9.17) is 4.74 Å². The number of nitrogens with zero attached hydrogens (tertiary/aromatic N) is 2. The molecule has 0 fully saturated rings. The Bertz CT molecular complexity index is 1200. The smallest absolute Gasteiger partial charge is 0.433 e. The van der Waals surface area contributed by atoms with Crippen molar-refractivity contribution in [2.45, 2.75) is 37.1 Å². The number of carboxylic acid groups (broad SMARTS) is 1. The molecular formula is C19H17F3N2O5S. The van der Waals surface area contributed by atoms with Crippen LogP contribution in [0.4, 0.5) is 13.2 Å². The maximum atomic E-state index is 13.2. The maximum absolute atomic E-state index is 13.2. The van der Waals surface area contributed by atoms with Crippen LogP contribution in [0.25, 0.3) is 11.0 Å². The van der Waals surface area contributed by atoms with Gasteiger partial charge in [-0.25, -0.2) is 22.2 Å². The van der Waals surface area contributed by atoms with Crippen LogP contribution in [0.3, 0.4) is 0 Å². The average Bonchev–Trinajstić information content (AvgIpc) is 3.04. The van der Waals surface area contributed by atoms with E-state index in [0.29, 0.717) is 6.07 Å². The molecule has 30 heavy (non-hydrogen) atoms. The Morgan fingerprint density at radius 3 is 2.33 bits per heavy atom. The number of rotatable bonds is 6. The van der Waals surface area contributed by atoms with Crippen molar-refractivity contribution in [2.75, 3.05) is 0 Å². The Labute approximate surface area is 169 Å². The first-order valence-electron chi connectivity index (χ1n) is 8.60. The Morgan fingerprint density at radius 1 is 1.13 bits per heavy atom. The number of aliphatic carboxylic acids is 1. The van der Waals surface area contributed by atoms with E-state index in [-0.39, 0.29) is 21.6 Å². The lowest BCUT2D eigenvalue weighted by molar-refractivity contribution is -0.162. The van der Waals surface area contributed by atoms with Gasteiger partial charge in [-0.2, -0.15) is 13.2 Å². The Kier molecular flexibility index (Phi) is 5.37. The van der Waals surface area contributed by atoms with Crippen molar-refractivity contribution in [3.8, 4) is 0 Å². The topological polar surface area (TPSA) is 98.5 Å². The highest BCUT2D eigenvalue weighted by Gasteiger charge is 2.34. The number of pyridine rings is 1. The molecule has 0 unspecified atom stereocenters. The van der Waals surface area contributed by atoms with E-state index >= 15 is 0 Å². The summed E-state index contributed by atoms with van der Waals surface area (Å²) in [7, 11) is -4.22. The van der Waals surface area contributed by atoms with Crippen LogP contribution in [0.2, 0.25) is 0 Å². The molecule has 0 aliphatic carbocycles. The molecule has 3 rings (SSSR count). The molecule has 0 saturated carbocycles. The van der Waals surface area contributed by atoms with Gasteiger partial charge in [0.15, 0.2) is 5.60 Å². The van der Waals surface area contributed by atoms with E-state index in [1.807, 2.05) is 0 Å². The molecule has 0 aliphatic heterocycles. The zero-order valence-corrected chi connectivity index (χ0v) is 16.7. The summed E-state index contributed by atoms with van der Waals surface area (Å²) in [5, 5.41) is 9.20. The van der Waals surface area contributed by atoms with Crippen LogP contribution in [0, 0.1) is 0 Å². The van der Waals surface area contributed by atoms with Crippen LogP contribution in [0.15, 0.2) is 53.4 Å². The fraction of sp³-hybridized carbons (Fsp3) is 0.263. The molecule has 2 aromatic heterocycles. The molecule has 11 heteroatoms. The molecule has 0 saturated heterocycles. The van der Waals surface area contributed by atoms with Crippen molar-refractivity contribution in [1.82, 2.24) is 8.96 Å². The second-order valence-electron chi connectivity index (χ2n) is 6.92. The van der Waals surface area contributed by atoms with Gasteiger partial charge in [0, 0.05) is 0 Å². The predicted molar refractivity (Wildman–Crippen MR) is 100 cm³/mol. The van der Waals surface area contributed by atoms with E-state index in [2.05, 4.69) is 4.98 Å². The van der Waals surface area contributed by atoms with E-state index in [9.17, 15) is 31.5 Å². The van der Waals surface area contributed by atoms with Crippen LogP contribution in [0.1, 0.15) is 25.2 Å². The zero-order chi connectivity index (χ0) is 22.3. The van der Waals surface area contributed by atoms with Crippen molar-refractivity contribution < 1.29 is 36.2 Å². The van der Waals surface area contributed by atoms with Crippen LogP contribution in [-0.2, 0) is 32.3 Å². The van der Waals surface area contributed by atoms with Gasteiger partial charge < -0.3 is 9.84 Å². The number of hydrogen-bond acceptors (Lipinski definition) is 5. The summed E-state index contributed by atoms with van der Waals surface area (Å²) in [6, 6.07) is 10.1. The van der Waals surface area contributed by atoms with Crippen LogP contribution in [0.5, 0.6) is 0 Å². The third-order valence-corrected chi connectivity index (χ3v) is 6.13. The lowest BCUT2D eigenvalue weighted by Gasteiger charge is -2.20. The number of benzene rings is 1. The molecular weight excluding hydrogens is 425 g/mol. The largest absolute Gasteiger partial charge is 0.479 e. The summed E-state index contributed by atoms with van der Waals surface area (Å²) >= 11 is 0. The van der Waals surface area contributed by atoms with Crippen molar-refractivity contribution in [2.24, 2.45) is 0 Å². The van der Waals surface area contributed by atoms with Gasteiger partial charge in [-0.15, -0.1) is 0 Å². The van der Waals surface area contributed by atoms with E-state index in [0.717, 1.165) is 16.1 Å². The standard InChI is InChI=1S/C19H17F3N2O5S/c1-18(2,17(25)26)29-11-12-10-14-15(8-9-16(23-14)19(20,21)22)24(12)30(27,28)13-6-4-3-5-7-13/h3-10H,11H2,1-2H3,(H,25,26). The monoisotopic (exact) mass is 442 g/mol. The molecule has 0 spiro atoms. The van der Waals surface area contributed by atoms with Crippen molar-refractivity contribution in [3.05, 3.63) is 59.9 Å². The van der Waals surface area contributed by atoms with Gasteiger partial charge in [0.1, 0.15) is 5.69 Å². The minimum Gasteiger partial charge on any atom is -0.479 e. The highest BCUT2D eigenvalue weighted by molar-refractivity contribution is 7.90. The number of carbonyl (C=O) groups is 1. The molecule has 0 bridgehead atoms. The third-order valence-electron chi connectivity index (χ3n) is 4.35. The molecule has 3 aromatic rings. The minimum atomic E-state index is -4.71. The van der Waals surface area contributed by atoms with E-state index in [1.165, 1.54) is 38.1 Å². The first-order valence-corrected chi connectivity index (χ1v) is 10.0. The van der Waals surface area contributed by atoms with Gasteiger partial charge in [0.2, 0.25) is 0 Å². The number of ether oxygens (including phenoxy) is 1. The molecule has 0 amide bonds. The Hall–Kier alpha value is -2.92. The summed E-state index contributed by atoms with van der Waals surface area (Å²) in [5.74, 6) is -1.28. The molecule has 160 valence electrons. The lowest BCUT2D eigenvalue weighted by atomic mass is 10.1. The summed E-state index contributed by atoms with van der Waals surface area (Å²) in [6.45, 7) is 2.06. The Balaban J connectivity index is 2.20. The second-order valence-corrected chi connectivity index (χ2v) is 8.71. The first kappa shape index (κ1) is 21.8. The zero-order valence-electron chi connectivity index (χ0n) is 15.8. The van der Waals surface area contributed by atoms with Gasteiger partial charge in [-0.3, -0.25) is 0 Å². The molecule has 7 nitrogen and oxygen atoms in total. The van der Waals surface area contributed by atoms with Crippen molar-refractivity contribution in [3.63, 3.8) is 0 Å². The van der Waals surface area contributed by atoms with Crippen LogP contribution in [-0.4, -0.2) is 34.1 Å². The van der Waals surface area contributed by atoms with Crippen LogP contribution < -0.4 is 0 Å². The molecule has 1 aromatic carbocycles. The van der Waals surface area contributed by atoms with Gasteiger partial charge in [0.05, 0.1) is 28.2 Å². The summed E-state index contributed by atoms with van der Waals surface area (Å²) < 4.78 is 71.7. The minimum absolute atomic E-state index is 0.0602. The molecule has 0 atom stereocenters. The highest BCUT2D eigenvalue weighted by atomic mass is 32.2. The van der Waals surface area contributed by atoms with Crippen molar-refractivity contribution >= 4 is 27.0 Å².